The number of benzene rings is 4. The number of nitrogens with zero attached hydrogens (tertiary/aromatic N) is 2. The third-order valence-electron chi connectivity index (χ3n) is 7.47. The number of carbonyl (C=O) groups excluding carboxylic acids is 2. The van der Waals surface area contributed by atoms with E-state index in [2.05, 4.69) is 4.98 Å². The molecule has 0 saturated carbocycles. The van der Waals surface area contributed by atoms with Gasteiger partial charge in [-0.05, 0) is 77.7 Å². The number of para-hydroxylation sites is 1. The first-order valence-electron chi connectivity index (χ1n) is 14.3. The topological polar surface area (TPSA) is 89.0 Å². The number of amides is 1. The summed E-state index contributed by atoms with van der Waals surface area (Å²) < 4.78 is 12.0. The third-order valence-corrected chi connectivity index (χ3v) is 7.47. The van der Waals surface area contributed by atoms with Gasteiger partial charge in [0.15, 0.2) is 0 Å². The van der Waals surface area contributed by atoms with E-state index in [4.69, 9.17) is 9.47 Å². The van der Waals surface area contributed by atoms with Crippen LogP contribution in [0.25, 0.3) is 5.76 Å². The molecule has 0 unspecified atom stereocenters. The number of Topliss-reactive ketones (excluding diaryl/α,β-unsaturated/α-hetero) is 1. The van der Waals surface area contributed by atoms with Crippen LogP contribution in [0.5, 0.6) is 17.2 Å². The summed E-state index contributed by atoms with van der Waals surface area (Å²) in [4.78, 5) is 32.8. The molecule has 0 radical (unpaired) electrons. The molecule has 1 aliphatic heterocycles. The molecule has 44 heavy (non-hydrogen) atoms. The van der Waals surface area contributed by atoms with Crippen LogP contribution in [0.15, 0.2) is 133 Å². The third kappa shape index (κ3) is 6.08. The first kappa shape index (κ1) is 28.4. The number of hydrogen-bond acceptors (Lipinski definition) is 6. The molecule has 6 rings (SSSR count). The highest BCUT2D eigenvalue weighted by Crippen LogP contribution is 2.42. The van der Waals surface area contributed by atoms with Crippen LogP contribution >= 0.6 is 0 Å². The van der Waals surface area contributed by atoms with Crippen molar-refractivity contribution in [1.82, 2.24) is 9.88 Å². The molecule has 1 fully saturated rings. The Hall–Kier alpha value is -5.69. The fourth-order valence-corrected chi connectivity index (χ4v) is 5.33. The number of aromatic nitrogens is 1. The Labute approximate surface area is 255 Å². The second-order valence-electron chi connectivity index (χ2n) is 10.5. The number of ether oxygens (including phenoxy) is 2. The maximum Gasteiger partial charge on any atom is 0.295 e. The van der Waals surface area contributed by atoms with Crippen LogP contribution in [-0.4, -0.2) is 26.7 Å². The van der Waals surface area contributed by atoms with Crippen LogP contribution in [0.1, 0.15) is 33.9 Å². The van der Waals surface area contributed by atoms with E-state index in [1.807, 2.05) is 97.9 Å². The van der Waals surface area contributed by atoms with Crippen molar-refractivity contribution in [2.75, 3.05) is 0 Å². The maximum absolute atomic E-state index is 13.6. The Morgan fingerprint density at radius 3 is 2.25 bits per heavy atom. The van der Waals surface area contributed by atoms with Crippen LogP contribution in [0.4, 0.5) is 0 Å². The van der Waals surface area contributed by atoms with Crippen LogP contribution in [-0.2, 0) is 22.7 Å². The van der Waals surface area contributed by atoms with Crippen LogP contribution < -0.4 is 9.47 Å². The van der Waals surface area contributed by atoms with Crippen molar-refractivity contribution in [3.63, 3.8) is 0 Å². The van der Waals surface area contributed by atoms with E-state index in [0.29, 0.717) is 40.5 Å². The van der Waals surface area contributed by atoms with E-state index >= 15 is 0 Å². The van der Waals surface area contributed by atoms with Gasteiger partial charge < -0.3 is 19.5 Å². The number of likely N-dealkylation sites (tertiary alicyclic amines) is 1. The molecule has 0 aliphatic carbocycles. The lowest BCUT2D eigenvalue weighted by atomic mass is 9.93. The van der Waals surface area contributed by atoms with Crippen molar-refractivity contribution in [3.05, 3.63) is 161 Å². The SMILES string of the molecule is Cc1cc(OCc2ccccc2)ccc1C(O)=C1C(=O)C(=O)N(Cc2cccnc2)[C@@H]1c1cccc(Oc2ccccc2)c1. The van der Waals surface area contributed by atoms with Gasteiger partial charge in [0.25, 0.3) is 11.7 Å². The van der Waals surface area contributed by atoms with Crippen molar-refractivity contribution in [3.8, 4) is 17.2 Å². The summed E-state index contributed by atoms with van der Waals surface area (Å²) in [6.45, 7) is 2.36. The van der Waals surface area contributed by atoms with Gasteiger partial charge in [0.05, 0.1) is 11.6 Å². The van der Waals surface area contributed by atoms with Gasteiger partial charge in [-0.25, -0.2) is 0 Å². The highest BCUT2D eigenvalue weighted by molar-refractivity contribution is 6.46. The molecule has 1 atom stereocenters. The Morgan fingerprint density at radius 2 is 1.52 bits per heavy atom. The Balaban J connectivity index is 1.38. The molecule has 1 aliphatic rings. The van der Waals surface area contributed by atoms with E-state index in [0.717, 1.165) is 11.1 Å². The molecule has 1 aromatic heterocycles. The van der Waals surface area contributed by atoms with Gasteiger partial charge in [0.1, 0.15) is 29.6 Å². The van der Waals surface area contributed by atoms with Gasteiger partial charge in [-0.15, -0.1) is 0 Å². The normalized spacial score (nSPS) is 15.8. The smallest absolute Gasteiger partial charge is 0.295 e. The first-order valence-corrected chi connectivity index (χ1v) is 14.3. The number of hydrogen-bond donors (Lipinski definition) is 1. The minimum Gasteiger partial charge on any atom is -0.507 e. The lowest BCUT2D eigenvalue weighted by Gasteiger charge is -2.26. The lowest BCUT2D eigenvalue weighted by Crippen LogP contribution is -2.29. The fourth-order valence-electron chi connectivity index (χ4n) is 5.33. The van der Waals surface area contributed by atoms with E-state index in [9.17, 15) is 14.7 Å². The standard InChI is InChI=1S/C37H30N2O5/c1-25-20-30(43-24-26-10-4-2-5-11-26)17-18-32(25)35(40)33-34(39(37(42)36(33)41)23-27-12-9-19-38-22-27)28-13-8-16-31(21-28)44-29-14-6-3-7-15-29/h2-22,34,40H,23-24H2,1H3/t34-/m1/s1. The molecule has 218 valence electrons. The van der Waals surface area contributed by atoms with Gasteiger partial charge >= 0.3 is 0 Å². The number of ketones is 1. The van der Waals surface area contributed by atoms with Crippen LogP contribution in [0, 0.1) is 6.92 Å². The Kier molecular flexibility index (Phi) is 8.19. The monoisotopic (exact) mass is 582 g/mol. The van der Waals surface area contributed by atoms with E-state index in [-0.39, 0.29) is 17.9 Å². The largest absolute Gasteiger partial charge is 0.507 e. The molecule has 5 aromatic rings. The maximum atomic E-state index is 13.6. The molecule has 1 amide bonds. The molecule has 1 saturated heterocycles. The van der Waals surface area contributed by atoms with Gasteiger partial charge in [-0.1, -0.05) is 66.7 Å². The summed E-state index contributed by atoms with van der Waals surface area (Å²) in [7, 11) is 0. The second kappa shape index (κ2) is 12.7. The Morgan fingerprint density at radius 1 is 0.795 bits per heavy atom. The Bertz CT molecular complexity index is 1820. The summed E-state index contributed by atoms with van der Waals surface area (Å²) in [6.07, 6.45) is 3.30. The number of aliphatic hydroxyl groups is 1. The average Bonchev–Trinajstić information content (AvgIpc) is 3.30. The zero-order chi connectivity index (χ0) is 30.5. The van der Waals surface area contributed by atoms with Gasteiger partial charge in [-0.2, -0.15) is 0 Å². The molecule has 7 nitrogen and oxygen atoms in total. The van der Waals surface area contributed by atoms with Crippen molar-refractivity contribution in [2.24, 2.45) is 0 Å². The predicted molar refractivity (Wildman–Crippen MR) is 167 cm³/mol. The molecular weight excluding hydrogens is 552 g/mol. The lowest BCUT2D eigenvalue weighted by molar-refractivity contribution is -0.140. The van der Waals surface area contributed by atoms with E-state index in [1.165, 1.54) is 4.90 Å². The van der Waals surface area contributed by atoms with Crippen molar-refractivity contribution in [2.45, 2.75) is 26.1 Å². The highest BCUT2D eigenvalue weighted by atomic mass is 16.5. The second-order valence-corrected chi connectivity index (χ2v) is 10.5. The number of carbonyl (C=O) groups is 2. The molecule has 1 N–H and O–H groups in total. The minimum atomic E-state index is -0.858. The molecule has 2 heterocycles. The van der Waals surface area contributed by atoms with E-state index < -0.39 is 17.7 Å². The van der Waals surface area contributed by atoms with Gasteiger partial charge in [0.2, 0.25) is 0 Å². The van der Waals surface area contributed by atoms with Crippen LogP contribution in [0.3, 0.4) is 0 Å². The summed E-state index contributed by atoms with van der Waals surface area (Å²) >= 11 is 0. The van der Waals surface area contributed by atoms with Crippen molar-refractivity contribution in [1.29, 1.82) is 0 Å². The molecule has 7 heteroatoms. The number of pyridine rings is 1. The van der Waals surface area contributed by atoms with Gasteiger partial charge in [0, 0.05) is 24.5 Å². The summed E-state index contributed by atoms with van der Waals surface area (Å²) in [5, 5.41) is 11.7. The first-order chi connectivity index (χ1) is 21.5. The number of aliphatic hydroxyl groups excluding tert-OH is 1. The molecular formula is C37H30N2O5. The quantitative estimate of drug-likeness (QED) is 0.111. The van der Waals surface area contributed by atoms with E-state index in [1.54, 1.807) is 36.7 Å². The fraction of sp³-hybridized carbons (Fsp3) is 0.108. The average molecular weight is 583 g/mol. The van der Waals surface area contributed by atoms with Crippen molar-refractivity contribution < 1.29 is 24.2 Å². The summed E-state index contributed by atoms with van der Waals surface area (Å²) in [6, 6.07) is 34.4. The van der Waals surface area contributed by atoms with Gasteiger partial charge in [-0.3, -0.25) is 14.6 Å². The zero-order valence-electron chi connectivity index (χ0n) is 24.1. The minimum absolute atomic E-state index is 0.0109. The zero-order valence-corrected chi connectivity index (χ0v) is 24.1. The number of aryl methyl sites for hydroxylation is 1. The highest BCUT2D eigenvalue weighted by Gasteiger charge is 2.46. The summed E-state index contributed by atoms with van der Waals surface area (Å²) in [5.41, 5.74) is 3.57. The van der Waals surface area contributed by atoms with Crippen molar-refractivity contribution >= 4 is 17.4 Å². The number of rotatable bonds is 9. The van der Waals surface area contributed by atoms with Crippen LogP contribution in [0.2, 0.25) is 0 Å². The molecule has 4 aromatic carbocycles. The summed E-state index contributed by atoms with van der Waals surface area (Å²) in [5.74, 6) is 0.117. The predicted octanol–water partition coefficient (Wildman–Crippen LogP) is 7.38. The molecule has 0 spiro atoms. The molecule has 0 bridgehead atoms.